The molecule has 1 unspecified atom stereocenters. The normalized spacial score (nSPS) is 28.8. The van der Waals surface area contributed by atoms with Gasteiger partial charge in [-0.3, -0.25) is 5.32 Å². The molecule has 2 bridgehead atoms. The van der Waals surface area contributed by atoms with E-state index >= 15 is 0 Å². The first kappa shape index (κ1) is 5.74. The lowest BCUT2D eigenvalue weighted by Gasteiger charge is -2.19. The number of hydrogen-bond acceptors (Lipinski definition) is 2. The second kappa shape index (κ2) is 2.31. The highest BCUT2D eigenvalue weighted by atomic mass is 15.1. The first-order chi connectivity index (χ1) is 4.95. The molecule has 0 saturated carbocycles. The van der Waals surface area contributed by atoms with E-state index in [9.17, 15) is 0 Å². The summed E-state index contributed by atoms with van der Waals surface area (Å²) in [6, 6.07) is 0.422. The van der Waals surface area contributed by atoms with E-state index in [4.69, 9.17) is 0 Å². The zero-order valence-electron chi connectivity index (χ0n) is 5.67. The van der Waals surface area contributed by atoms with Gasteiger partial charge in [-0.2, -0.15) is 0 Å². The molecule has 0 radical (unpaired) electrons. The topological polar surface area (TPSA) is 24.1 Å². The Hall–Kier alpha value is -1.02. The molecule has 0 spiro atoms. The highest BCUT2D eigenvalue weighted by molar-refractivity contribution is 5.30. The summed E-state index contributed by atoms with van der Waals surface area (Å²) in [6.45, 7) is 0.866. The molecule has 0 amide bonds. The predicted molar refractivity (Wildman–Crippen MR) is 41.3 cm³/mol. The molecule has 2 aliphatic rings. The minimum Gasteiger partial charge on any atom is -0.373 e. The van der Waals surface area contributed by atoms with E-state index in [2.05, 4.69) is 34.9 Å². The van der Waals surface area contributed by atoms with Gasteiger partial charge in [0.1, 0.15) is 0 Å². The third-order valence-corrected chi connectivity index (χ3v) is 1.69. The van der Waals surface area contributed by atoms with Crippen LogP contribution in [0.4, 0.5) is 0 Å². The van der Waals surface area contributed by atoms with Gasteiger partial charge in [0.05, 0.1) is 6.67 Å². The maximum absolute atomic E-state index is 3.28. The van der Waals surface area contributed by atoms with Gasteiger partial charge >= 0.3 is 0 Å². The van der Waals surface area contributed by atoms with Gasteiger partial charge in [0, 0.05) is 11.7 Å². The summed E-state index contributed by atoms with van der Waals surface area (Å²) < 4.78 is 0. The largest absolute Gasteiger partial charge is 0.373 e. The predicted octanol–water partition coefficient (Wildman–Crippen LogP) is 0.515. The van der Waals surface area contributed by atoms with Crippen molar-refractivity contribution in [3.8, 4) is 0 Å². The van der Waals surface area contributed by atoms with E-state index in [1.165, 1.54) is 5.70 Å². The van der Waals surface area contributed by atoms with Crippen LogP contribution in [-0.2, 0) is 0 Å². The molecule has 2 heteroatoms. The van der Waals surface area contributed by atoms with Gasteiger partial charge in [-0.1, -0.05) is 18.2 Å². The van der Waals surface area contributed by atoms with E-state index in [1.54, 1.807) is 0 Å². The van der Waals surface area contributed by atoms with Gasteiger partial charge in [0.2, 0.25) is 0 Å². The van der Waals surface area contributed by atoms with Crippen LogP contribution < -0.4 is 10.6 Å². The number of fused-ring (bicyclic) bond motifs is 1. The SMILES string of the molecule is C1=CC2=CC(C=C1)NCN2. The van der Waals surface area contributed by atoms with Crippen LogP contribution in [0.5, 0.6) is 0 Å². The Bertz CT molecular complexity index is 213. The molecule has 1 aliphatic carbocycles. The van der Waals surface area contributed by atoms with Gasteiger partial charge < -0.3 is 5.32 Å². The lowest BCUT2D eigenvalue weighted by molar-refractivity contribution is 0.592. The van der Waals surface area contributed by atoms with Crippen LogP contribution in [0, 0.1) is 0 Å². The van der Waals surface area contributed by atoms with Crippen molar-refractivity contribution < 1.29 is 0 Å². The van der Waals surface area contributed by atoms with Gasteiger partial charge in [-0.25, -0.2) is 0 Å². The van der Waals surface area contributed by atoms with E-state index in [1.807, 2.05) is 6.08 Å². The lowest BCUT2D eigenvalue weighted by Crippen LogP contribution is -2.39. The Balaban J connectivity index is 2.30. The fraction of sp³-hybridized carbons (Fsp3) is 0.250. The molecule has 52 valence electrons. The zero-order valence-corrected chi connectivity index (χ0v) is 5.67. The van der Waals surface area contributed by atoms with Crippen molar-refractivity contribution in [2.24, 2.45) is 0 Å². The molecule has 0 aromatic rings. The molecular weight excluding hydrogens is 124 g/mol. The first-order valence-corrected chi connectivity index (χ1v) is 3.49. The van der Waals surface area contributed by atoms with Crippen molar-refractivity contribution in [1.29, 1.82) is 0 Å². The summed E-state index contributed by atoms with van der Waals surface area (Å²) in [5.74, 6) is 0. The molecule has 2 nitrogen and oxygen atoms in total. The Kier molecular flexibility index (Phi) is 1.32. The van der Waals surface area contributed by atoms with Crippen LogP contribution in [0.25, 0.3) is 0 Å². The molecule has 2 rings (SSSR count). The summed E-state index contributed by atoms with van der Waals surface area (Å²) in [4.78, 5) is 0. The van der Waals surface area contributed by atoms with E-state index in [0.717, 1.165) is 6.67 Å². The summed E-state index contributed by atoms with van der Waals surface area (Å²) in [5, 5.41) is 6.49. The minimum atomic E-state index is 0.422. The van der Waals surface area contributed by atoms with Gasteiger partial charge in [0.15, 0.2) is 0 Å². The molecule has 1 aliphatic heterocycles. The average molecular weight is 134 g/mol. The zero-order chi connectivity index (χ0) is 6.81. The van der Waals surface area contributed by atoms with Crippen LogP contribution in [0.2, 0.25) is 0 Å². The van der Waals surface area contributed by atoms with Crippen LogP contribution in [-0.4, -0.2) is 12.7 Å². The lowest BCUT2D eigenvalue weighted by atomic mass is 10.2. The minimum absolute atomic E-state index is 0.422. The molecule has 0 aromatic carbocycles. The van der Waals surface area contributed by atoms with Crippen molar-refractivity contribution in [3.05, 3.63) is 36.1 Å². The molecular formula is C8H10N2. The number of hydrogen-bond donors (Lipinski definition) is 2. The van der Waals surface area contributed by atoms with Gasteiger partial charge in [-0.05, 0) is 12.2 Å². The third-order valence-electron chi connectivity index (χ3n) is 1.69. The van der Waals surface area contributed by atoms with Crippen molar-refractivity contribution in [2.75, 3.05) is 6.67 Å². The fourth-order valence-corrected chi connectivity index (χ4v) is 1.16. The monoisotopic (exact) mass is 134 g/mol. The summed E-state index contributed by atoms with van der Waals surface area (Å²) in [7, 11) is 0. The van der Waals surface area contributed by atoms with Gasteiger partial charge in [0.25, 0.3) is 0 Å². The summed E-state index contributed by atoms with van der Waals surface area (Å²) >= 11 is 0. The molecule has 2 N–H and O–H groups in total. The Labute approximate surface area is 60.3 Å². The molecule has 0 fully saturated rings. The van der Waals surface area contributed by atoms with E-state index in [-0.39, 0.29) is 0 Å². The van der Waals surface area contributed by atoms with Crippen molar-refractivity contribution in [3.63, 3.8) is 0 Å². The maximum Gasteiger partial charge on any atom is 0.0659 e. The van der Waals surface area contributed by atoms with Gasteiger partial charge in [-0.15, -0.1) is 0 Å². The van der Waals surface area contributed by atoms with Crippen LogP contribution >= 0.6 is 0 Å². The van der Waals surface area contributed by atoms with E-state index < -0.39 is 0 Å². The Morgan fingerprint density at radius 3 is 3.40 bits per heavy atom. The quantitative estimate of drug-likeness (QED) is 0.504. The summed E-state index contributed by atoms with van der Waals surface area (Å²) in [5.41, 5.74) is 1.22. The van der Waals surface area contributed by atoms with Crippen molar-refractivity contribution in [2.45, 2.75) is 6.04 Å². The maximum atomic E-state index is 3.28. The van der Waals surface area contributed by atoms with Crippen LogP contribution in [0.1, 0.15) is 0 Å². The van der Waals surface area contributed by atoms with Crippen LogP contribution in [0.3, 0.4) is 0 Å². The fourth-order valence-electron chi connectivity index (χ4n) is 1.16. The molecule has 0 saturated heterocycles. The smallest absolute Gasteiger partial charge is 0.0659 e. The Morgan fingerprint density at radius 2 is 2.40 bits per heavy atom. The number of nitrogens with one attached hydrogen (secondary N) is 2. The van der Waals surface area contributed by atoms with Crippen LogP contribution in [0.15, 0.2) is 36.1 Å². The first-order valence-electron chi connectivity index (χ1n) is 3.49. The van der Waals surface area contributed by atoms with Crippen molar-refractivity contribution in [1.82, 2.24) is 10.6 Å². The second-order valence-corrected chi connectivity index (χ2v) is 2.45. The standard InChI is InChI=1S/C8H10N2/c1-2-4-8-5-7(3-1)9-6-10-8/h1-5,7,9-10H,6H2. The molecule has 0 aromatic heterocycles. The molecule has 1 heterocycles. The number of rotatable bonds is 0. The second-order valence-electron chi connectivity index (χ2n) is 2.45. The molecule has 1 atom stereocenters. The number of allylic oxidation sites excluding steroid dienone is 3. The van der Waals surface area contributed by atoms with Crippen molar-refractivity contribution >= 4 is 0 Å². The highest BCUT2D eigenvalue weighted by Gasteiger charge is 2.07. The Morgan fingerprint density at radius 1 is 1.40 bits per heavy atom. The summed E-state index contributed by atoms with van der Waals surface area (Å²) in [6.07, 6.45) is 10.5. The van der Waals surface area contributed by atoms with E-state index in [0.29, 0.717) is 6.04 Å². The molecule has 10 heavy (non-hydrogen) atoms. The average Bonchev–Trinajstić information content (AvgIpc) is 2.12. The third kappa shape index (κ3) is 0.977. The highest BCUT2D eigenvalue weighted by Crippen LogP contribution is 2.05.